The minimum Gasteiger partial charge on any atom is -0.497 e. The zero-order chi connectivity index (χ0) is 22.1. The fourth-order valence-electron chi connectivity index (χ4n) is 3.78. The van der Waals surface area contributed by atoms with Gasteiger partial charge in [0, 0.05) is 6.42 Å². The number of anilines is 1. The highest BCUT2D eigenvalue weighted by atomic mass is 32.1. The summed E-state index contributed by atoms with van der Waals surface area (Å²) in [6.07, 6.45) is -0.562. The first kappa shape index (κ1) is 20.2. The Bertz CT molecular complexity index is 1300. The van der Waals surface area contributed by atoms with Crippen LogP contribution in [-0.4, -0.2) is 30.1 Å². The van der Waals surface area contributed by atoms with E-state index >= 15 is 0 Å². The van der Waals surface area contributed by atoms with Crippen LogP contribution in [0.3, 0.4) is 0 Å². The van der Waals surface area contributed by atoms with Crippen LogP contribution in [0.4, 0.5) is 5.13 Å². The van der Waals surface area contributed by atoms with Crippen LogP contribution in [0.2, 0.25) is 0 Å². The summed E-state index contributed by atoms with van der Waals surface area (Å²) >= 11 is 1.41. The number of benzene rings is 3. The van der Waals surface area contributed by atoms with Gasteiger partial charge in [0.25, 0.3) is 5.91 Å². The van der Waals surface area contributed by atoms with Crippen molar-refractivity contribution in [1.29, 1.82) is 0 Å². The summed E-state index contributed by atoms with van der Waals surface area (Å²) < 4.78 is 11.8. The molecule has 0 saturated heterocycles. The monoisotopic (exact) mass is 444 g/mol. The number of amides is 1. The normalized spacial score (nSPS) is 15.2. The van der Waals surface area contributed by atoms with Crippen LogP contribution in [-0.2, 0) is 22.5 Å². The summed E-state index contributed by atoms with van der Waals surface area (Å²) in [5.74, 6) is -0.0342. The number of cyclic esters (lactones) is 1. The Labute approximate surface area is 189 Å². The fraction of sp³-hybridized carbons (Fsp3) is 0.160. The molecule has 0 radical (unpaired) electrons. The first-order valence-corrected chi connectivity index (χ1v) is 11.0. The summed E-state index contributed by atoms with van der Waals surface area (Å²) in [4.78, 5) is 32.5. The number of carbonyl (C=O) groups is 2. The molecule has 1 aliphatic heterocycles. The molecular formula is C25H20N2O4S. The van der Waals surface area contributed by atoms with Gasteiger partial charge in [-0.2, -0.15) is 0 Å². The predicted octanol–water partition coefficient (Wildman–Crippen LogP) is 4.62. The standard InChI is InChI=1S/C25H20N2O4S/c1-30-18-11-12-20-22(14-18)32-25(26-20)27(15-16-7-3-2-4-8-16)23(28)21-13-17-9-5-6-10-19(17)24(29)31-21/h2-12,14,21H,13,15H2,1H3. The van der Waals surface area contributed by atoms with Gasteiger partial charge in [-0.1, -0.05) is 59.9 Å². The van der Waals surface area contributed by atoms with Gasteiger partial charge >= 0.3 is 5.97 Å². The van der Waals surface area contributed by atoms with Crippen LogP contribution in [0.5, 0.6) is 5.75 Å². The van der Waals surface area contributed by atoms with Crippen LogP contribution in [0.15, 0.2) is 72.8 Å². The lowest BCUT2D eigenvalue weighted by molar-refractivity contribution is -0.127. The molecular weight excluding hydrogens is 424 g/mol. The second-order valence-electron chi connectivity index (χ2n) is 7.50. The average molecular weight is 445 g/mol. The first-order valence-electron chi connectivity index (χ1n) is 10.2. The lowest BCUT2D eigenvalue weighted by atomic mass is 9.98. The zero-order valence-corrected chi connectivity index (χ0v) is 18.2. The number of carbonyl (C=O) groups excluding carboxylic acids is 2. The number of rotatable bonds is 5. The Morgan fingerprint density at radius 2 is 1.91 bits per heavy atom. The number of nitrogens with zero attached hydrogens (tertiary/aromatic N) is 2. The largest absolute Gasteiger partial charge is 0.497 e. The van der Waals surface area contributed by atoms with Crippen molar-refractivity contribution >= 4 is 38.6 Å². The van der Waals surface area contributed by atoms with E-state index in [0.717, 1.165) is 27.1 Å². The summed E-state index contributed by atoms with van der Waals surface area (Å²) in [5, 5.41) is 0.553. The molecule has 5 rings (SSSR count). The van der Waals surface area contributed by atoms with Gasteiger partial charge in [0.15, 0.2) is 11.2 Å². The SMILES string of the molecule is COc1ccc2nc(N(Cc3ccccc3)C(=O)C3Cc4ccccc4C(=O)O3)sc2c1. The molecule has 7 heteroatoms. The Balaban J connectivity index is 1.51. The number of aromatic nitrogens is 1. The van der Waals surface area contributed by atoms with Gasteiger partial charge in [0.05, 0.1) is 29.4 Å². The van der Waals surface area contributed by atoms with Gasteiger partial charge in [-0.15, -0.1) is 0 Å². The number of thiazole rings is 1. The Morgan fingerprint density at radius 1 is 1.12 bits per heavy atom. The smallest absolute Gasteiger partial charge is 0.339 e. The maximum Gasteiger partial charge on any atom is 0.339 e. The highest BCUT2D eigenvalue weighted by Crippen LogP contribution is 2.33. The van der Waals surface area contributed by atoms with Gasteiger partial charge in [-0.05, 0) is 35.4 Å². The molecule has 160 valence electrons. The number of ether oxygens (including phenoxy) is 2. The van der Waals surface area contributed by atoms with E-state index in [9.17, 15) is 9.59 Å². The Morgan fingerprint density at radius 3 is 2.72 bits per heavy atom. The maximum absolute atomic E-state index is 13.6. The third-order valence-electron chi connectivity index (χ3n) is 5.43. The lowest BCUT2D eigenvalue weighted by Gasteiger charge is -2.28. The molecule has 1 amide bonds. The van der Waals surface area contributed by atoms with Gasteiger partial charge in [-0.3, -0.25) is 9.69 Å². The molecule has 0 aliphatic carbocycles. The van der Waals surface area contributed by atoms with Crippen molar-refractivity contribution in [3.05, 3.63) is 89.5 Å². The molecule has 0 fully saturated rings. The summed E-state index contributed by atoms with van der Waals surface area (Å²) in [6.45, 7) is 0.326. The quantitative estimate of drug-likeness (QED) is 0.420. The Hall–Kier alpha value is -3.71. The third kappa shape index (κ3) is 3.83. The van der Waals surface area contributed by atoms with Crippen molar-refractivity contribution in [3.8, 4) is 5.75 Å². The molecule has 4 aromatic rings. The molecule has 1 aromatic heterocycles. The molecule has 0 saturated carbocycles. The van der Waals surface area contributed by atoms with E-state index in [-0.39, 0.29) is 5.91 Å². The molecule has 3 aromatic carbocycles. The molecule has 0 N–H and O–H groups in total. The minimum atomic E-state index is -0.900. The highest BCUT2D eigenvalue weighted by Gasteiger charge is 2.35. The van der Waals surface area contributed by atoms with Crippen molar-refractivity contribution in [2.45, 2.75) is 19.1 Å². The van der Waals surface area contributed by atoms with Crippen molar-refractivity contribution in [1.82, 2.24) is 4.98 Å². The number of hydrogen-bond acceptors (Lipinski definition) is 6. The van der Waals surface area contributed by atoms with E-state index in [1.54, 1.807) is 24.1 Å². The minimum absolute atomic E-state index is 0.289. The summed E-state index contributed by atoms with van der Waals surface area (Å²) in [5.41, 5.74) is 3.07. The molecule has 1 unspecified atom stereocenters. The molecule has 0 bridgehead atoms. The van der Waals surface area contributed by atoms with E-state index in [2.05, 4.69) is 0 Å². The topological polar surface area (TPSA) is 68.7 Å². The van der Waals surface area contributed by atoms with Gasteiger partial charge in [0.2, 0.25) is 0 Å². The van der Waals surface area contributed by atoms with Crippen LogP contribution in [0.25, 0.3) is 10.2 Å². The maximum atomic E-state index is 13.6. The van der Waals surface area contributed by atoms with Crippen molar-refractivity contribution in [2.75, 3.05) is 12.0 Å². The lowest BCUT2D eigenvalue weighted by Crippen LogP contribution is -2.44. The highest BCUT2D eigenvalue weighted by molar-refractivity contribution is 7.22. The number of hydrogen-bond donors (Lipinski definition) is 0. The van der Waals surface area contributed by atoms with Crippen LogP contribution < -0.4 is 9.64 Å². The predicted molar refractivity (Wildman–Crippen MR) is 123 cm³/mol. The average Bonchev–Trinajstić information content (AvgIpc) is 3.25. The second kappa shape index (κ2) is 8.43. The van der Waals surface area contributed by atoms with E-state index in [1.807, 2.05) is 60.7 Å². The second-order valence-corrected chi connectivity index (χ2v) is 8.50. The fourth-order valence-corrected chi connectivity index (χ4v) is 4.78. The zero-order valence-electron chi connectivity index (χ0n) is 17.4. The summed E-state index contributed by atoms with van der Waals surface area (Å²) in [6, 6.07) is 22.6. The molecule has 6 nitrogen and oxygen atoms in total. The van der Waals surface area contributed by atoms with E-state index in [1.165, 1.54) is 11.3 Å². The number of fused-ring (bicyclic) bond motifs is 2. The molecule has 32 heavy (non-hydrogen) atoms. The molecule has 2 heterocycles. The van der Waals surface area contributed by atoms with Crippen molar-refractivity contribution < 1.29 is 19.1 Å². The number of methoxy groups -OCH3 is 1. The van der Waals surface area contributed by atoms with Gasteiger partial charge in [-0.25, -0.2) is 9.78 Å². The first-order chi connectivity index (χ1) is 15.6. The van der Waals surface area contributed by atoms with Crippen molar-refractivity contribution in [2.24, 2.45) is 0 Å². The Kier molecular flexibility index (Phi) is 5.33. The van der Waals surface area contributed by atoms with Gasteiger partial charge in [0.1, 0.15) is 5.75 Å². The number of esters is 1. The van der Waals surface area contributed by atoms with Crippen LogP contribution in [0, 0.1) is 0 Å². The molecule has 0 spiro atoms. The van der Waals surface area contributed by atoms with E-state index in [0.29, 0.717) is 23.7 Å². The van der Waals surface area contributed by atoms with Crippen LogP contribution >= 0.6 is 11.3 Å². The molecule has 1 aliphatic rings. The van der Waals surface area contributed by atoms with Gasteiger partial charge < -0.3 is 9.47 Å². The van der Waals surface area contributed by atoms with Crippen molar-refractivity contribution in [3.63, 3.8) is 0 Å². The van der Waals surface area contributed by atoms with E-state index < -0.39 is 12.1 Å². The molecule has 1 atom stereocenters. The van der Waals surface area contributed by atoms with E-state index in [4.69, 9.17) is 14.5 Å². The third-order valence-corrected chi connectivity index (χ3v) is 6.47. The van der Waals surface area contributed by atoms with Crippen LogP contribution in [0.1, 0.15) is 21.5 Å². The summed E-state index contributed by atoms with van der Waals surface area (Å²) in [7, 11) is 1.61.